The topological polar surface area (TPSA) is 106 Å². The summed E-state index contributed by atoms with van der Waals surface area (Å²) in [7, 11) is 1.28. The first kappa shape index (κ1) is 19.2. The molecule has 1 aromatic heterocycles. The Bertz CT molecular complexity index is 811. The number of ether oxygens (including phenoxy) is 2. The molecular formula is C21H26O7. The number of carbonyl (C=O) groups is 2. The number of hydrogen-bond acceptors (Lipinski definition) is 7. The van der Waals surface area contributed by atoms with Gasteiger partial charge in [-0.1, -0.05) is 6.92 Å². The van der Waals surface area contributed by atoms with Crippen LogP contribution in [0.15, 0.2) is 34.2 Å². The van der Waals surface area contributed by atoms with E-state index in [4.69, 9.17) is 13.9 Å². The third-order valence-corrected chi connectivity index (χ3v) is 7.04. The third-order valence-electron chi connectivity index (χ3n) is 7.04. The number of aliphatic hydroxyl groups excluding tert-OH is 2. The van der Waals surface area contributed by atoms with Crippen LogP contribution in [0, 0.1) is 16.7 Å². The number of fused-ring (bicyclic) bond motifs is 1. The Hall–Kier alpha value is -2.12. The number of hydrogen-bond donors (Lipinski definition) is 2. The fraction of sp³-hybridized carbons (Fsp3) is 0.619. The van der Waals surface area contributed by atoms with Gasteiger partial charge >= 0.3 is 11.9 Å². The molecule has 152 valence electrons. The summed E-state index contributed by atoms with van der Waals surface area (Å²) < 4.78 is 15.9. The van der Waals surface area contributed by atoms with Crippen LogP contribution in [0.3, 0.4) is 0 Å². The van der Waals surface area contributed by atoms with Crippen LogP contribution in [0.1, 0.15) is 50.7 Å². The molecule has 1 aromatic rings. The van der Waals surface area contributed by atoms with E-state index in [9.17, 15) is 19.8 Å². The van der Waals surface area contributed by atoms with Crippen LogP contribution in [-0.4, -0.2) is 42.0 Å². The van der Waals surface area contributed by atoms with Gasteiger partial charge in [-0.15, -0.1) is 0 Å². The molecule has 0 radical (unpaired) electrons. The molecule has 5 atom stereocenters. The minimum Gasteiger partial charge on any atom is -0.472 e. The van der Waals surface area contributed by atoms with Crippen LogP contribution in [0.4, 0.5) is 0 Å². The van der Waals surface area contributed by atoms with Crippen molar-refractivity contribution >= 4 is 11.9 Å². The zero-order valence-electron chi connectivity index (χ0n) is 16.1. The van der Waals surface area contributed by atoms with E-state index >= 15 is 0 Å². The highest BCUT2D eigenvalue weighted by atomic mass is 16.6. The molecule has 1 spiro atoms. The number of aliphatic hydroxyl groups is 2. The van der Waals surface area contributed by atoms with Gasteiger partial charge in [0.2, 0.25) is 0 Å². The van der Waals surface area contributed by atoms with E-state index in [0.29, 0.717) is 37.7 Å². The normalized spacial score (nSPS) is 37.7. The van der Waals surface area contributed by atoms with E-state index in [1.54, 1.807) is 18.6 Å². The molecule has 0 bridgehead atoms. The van der Waals surface area contributed by atoms with E-state index in [-0.39, 0.29) is 11.9 Å². The fourth-order valence-electron chi connectivity index (χ4n) is 5.64. The summed E-state index contributed by atoms with van der Waals surface area (Å²) in [4.78, 5) is 25.9. The summed E-state index contributed by atoms with van der Waals surface area (Å²) in [5.74, 6) is -1.05. The minimum atomic E-state index is -1.30. The molecule has 3 aliphatic rings. The Labute approximate surface area is 163 Å². The highest BCUT2D eigenvalue weighted by Crippen LogP contribution is 2.61. The van der Waals surface area contributed by atoms with E-state index in [0.717, 1.165) is 11.1 Å². The summed E-state index contributed by atoms with van der Waals surface area (Å²) in [5.41, 5.74) is -0.201. The Kier molecular flexibility index (Phi) is 4.62. The van der Waals surface area contributed by atoms with Gasteiger partial charge in [-0.3, -0.25) is 9.59 Å². The molecule has 4 rings (SSSR count). The van der Waals surface area contributed by atoms with Gasteiger partial charge in [-0.25, -0.2) is 0 Å². The SMILES string of the molecule is COC(=O)[C@@]1(CO)CCCC2=C1[C@@H](O)C[C@@H](C)[C@]21C[C@@H](c2ccoc2)OC1=O. The number of rotatable bonds is 3. The molecule has 1 saturated heterocycles. The summed E-state index contributed by atoms with van der Waals surface area (Å²) in [6.45, 7) is 1.49. The van der Waals surface area contributed by atoms with Gasteiger partial charge in [0.25, 0.3) is 0 Å². The van der Waals surface area contributed by atoms with E-state index in [2.05, 4.69) is 0 Å². The lowest BCUT2D eigenvalue weighted by molar-refractivity contribution is -0.157. The van der Waals surface area contributed by atoms with Gasteiger partial charge in [-0.05, 0) is 48.8 Å². The number of methoxy groups -OCH3 is 1. The molecule has 28 heavy (non-hydrogen) atoms. The molecule has 7 heteroatoms. The van der Waals surface area contributed by atoms with Crippen molar-refractivity contribution in [3.05, 3.63) is 35.3 Å². The second-order valence-electron chi connectivity index (χ2n) is 8.26. The molecule has 1 aliphatic heterocycles. The summed E-state index contributed by atoms with van der Waals surface area (Å²) in [6, 6.07) is 1.78. The molecule has 2 N–H and O–H groups in total. The zero-order chi connectivity index (χ0) is 20.1. The maximum absolute atomic E-state index is 13.2. The quantitative estimate of drug-likeness (QED) is 0.602. The van der Waals surface area contributed by atoms with Gasteiger partial charge in [0.1, 0.15) is 11.5 Å². The monoisotopic (exact) mass is 390 g/mol. The lowest BCUT2D eigenvalue weighted by Gasteiger charge is -2.49. The van der Waals surface area contributed by atoms with Crippen LogP contribution < -0.4 is 0 Å². The summed E-state index contributed by atoms with van der Waals surface area (Å²) in [5, 5.41) is 21.1. The molecular weight excluding hydrogens is 364 g/mol. The van der Waals surface area contributed by atoms with Crippen LogP contribution in [0.25, 0.3) is 0 Å². The average molecular weight is 390 g/mol. The lowest BCUT2D eigenvalue weighted by Crippen LogP contribution is -2.52. The Morgan fingerprint density at radius 1 is 1.43 bits per heavy atom. The van der Waals surface area contributed by atoms with Crippen molar-refractivity contribution in [2.24, 2.45) is 16.7 Å². The Morgan fingerprint density at radius 2 is 2.21 bits per heavy atom. The Balaban J connectivity index is 1.87. The second kappa shape index (κ2) is 6.74. The Morgan fingerprint density at radius 3 is 2.86 bits per heavy atom. The predicted octanol–water partition coefficient (Wildman–Crippen LogP) is 2.29. The smallest absolute Gasteiger partial charge is 0.318 e. The van der Waals surface area contributed by atoms with E-state index in [1.807, 2.05) is 6.92 Å². The first-order chi connectivity index (χ1) is 13.4. The largest absolute Gasteiger partial charge is 0.472 e. The highest BCUT2D eigenvalue weighted by Gasteiger charge is 2.62. The van der Waals surface area contributed by atoms with Crippen molar-refractivity contribution in [2.75, 3.05) is 13.7 Å². The average Bonchev–Trinajstić information content (AvgIpc) is 3.34. The van der Waals surface area contributed by atoms with Gasteiger partial charge in [0, 0.05) is 12.0 Å². The van der Waals surface area contributed by atoms with Crippen LogP contribution in [0.2, 0.25) is 0 Å². The molecule has 1 fully saturated rings. The van der Waals surface area contributed by atoms with Crippen LogP contribution in [0.5, 0.6) is 0 Å². The van der Waals surface area contributed by atoms with Crippen molar-refractivity contribution in [2.45, 2.75) is 51.2 Å². The van der Waals surface area contributed by atoms with Gasteiger partial charge in [-0.2, -0.15) is 0 Å². The minimum absolute atomic E-state index is 0.155. The number of esters is 2. The maximum Gasteiger partial charge on any atom is 0.318 e. The highest BCUT2D eigenvalue weighted by molar-refractivity contribution is 5.87. The molecule has 0 saturated carbocycles. The van der Waals surface area contributed by atoms with Crippen molar-refractivity contribution in [1.29, 1.82) is 0 Å². The van der Waals surface area contributed by atoms with Crippen LogP contribution >= 0.6 is 0 Å². The van der Waals surface area contributed by atoms with Gasteiger partial charge in [0.05, 0.1) is 37.8 Å². The predicted molar refractivity (Wildman–Crippen MR) is 96.8 cm³/mol. The lowest BCUT2D eigenvalue weighted by atomic mass is 9.53. The first-order valence-electron chi connectivity index (χ1n) is 9.75. The molecule has 2 heterocycles. The van der Waals surface area contributed by atoms with Crippen molar-refractivity contribution in [3.63, 3.8) is 0 Å². The molecule has 7 nitrogen and oxygen atoms in total. The van der Waals surface area contributed by atoms with E-state index in [1.165, 1.54) is 7.11 Å². The number of furan rings is 1. The molecule has 2 aliphatic carbocycles. The van der Waals surface area contributed by atoms with Crippen molar-refractivity contribution in [1.82, 2.24) is 0 Å². The van der Waals surface area contributed by atoms with Crippen LogP contribution in [-0.2, 0) is 19.1 Å². The molecule has 0 aromatic carbocycles. The molecule has 0 unspecified atom stereocenters. The third kappa shape index (κ3) is 2.42. The first-order valence-corrected chi connectivity index (χ1v) is 9.75. The summed E-state index contributed by atoms with van der Waals surface area (Å²) in [6.07, 6.45) is 4.14. The zero-order valence-corrected chi connectivity index (χ0v) is 16.1. The number of cyclic esters (lactones) is 1. The second-order valence-corrected chi connectivity index (χ2v) is 8.26. The standard InChI is InChI=1S/C21H26O7/c1-12-8-15(23)17-14(4-3-6-20(17,11-22)18(24)26-2)21(12)9-16(28-19(21)25)13-5-7-27-10-13/h5,7,10,12,15-16,22-23H,3-4,6,8-9,11H2,1-2H3/t12-,15+,16+,20-,21-/m1/s1. The van der Waals surface area contributed by atoms with Crippen molar-refractivity contribution < 1.29 is 33.7 Å². The summed E-state index contributed by atoms with van der Waals surface area (Å²) >= 11 is 0. The van der Waals surface area contributed by atoms with Gasteiger partial charge < -0.3 is 24.1 Å². The van der Waals surface area contributed by atoms with Gasteiger partial charge in [0.15, 0.2) is 0 Å². The van der Waals surface area contributed by atoms with E-state index < -0.39 is 35.6 Å². The number of carbonyl (C=O) groups excluding carboxylic acids is 2. The fourth-order valence-corrected chi connectivity index (χ4v) is 5.64. The molecule has 0 amide bonds. The van der Waals surface area contributed by atoms with Crippen molar-refractivity contribution in [3.8, 4) is 0 Å². The maximum atomic E-state index is 13.2.